The standard InChI is InChI=1S/C20H22N4O2S2/c25-28(26,17-6-5-15-3-1-2-4-16(15)13-17)24-10-8-23(9-11-24)19-18-7-12-27-20(18)22-14-21-19/h5-7,12-14H,1-4,8-11H2. The number of piperazine rings is 1. The first kappa shape index (κ1) is 18.0. The maximum atomic E-state index is 13.2. The highest BCUT2D eigenvalue weighted by molar-refractivity contribution is 7.89. The fourth-order valence-corrected chi connectivity index (χ4v) is 6.39. The lowest BCUT2D eigenvalue weighted by atomic mass is 9.92. The normalized spacial score (nSPS) is 18.4. The summed E-state index contributed by atoms with van der Waals surface area (Å²) in [4.78, 5) is 12.3. The molecule has 1 aromatic carbocycles. The van der Waals surface area contributed by atoms with Gasteiger partial charge in [0.25, 0.3) is 0 Å². The number of hydrogen-bond donors (Lipinski definition) is 0. The van der Waals surface area contributed by atoms with E-state index in [0.29, 0.717) is 31.1 Å². The van der Waals surface area contributed by atoms with Crippen molar-refractivity contribution in [1.82, 2.24) is 14.3 Å². The Morgan fingerprint density at radius 3 is 2.54 bits per heavy atom. The molecule has 6 nitrogen and oxygen atoms in total. The summed E-state index contributed by atoms with van der Waals surface area (Å²) in [5.74, 6) is 0.900. The SMILES string of the molecule is O=S(=O)(c1ccc2c(c1)CCCC2)N1CCN(c2ncnc3sccc23)CC1. The van der Waals surface area contributed by atoms with Crippen molar-refractivity contribution < 1.29 is 8.42 Å². The summed E-state index contributed by atoms with van der Waals surface area (Å²) in [6.45, 7) is 2.20. The monoisotopic (exact) mass is 414 g/mol. The number of aromatic nitrogens is 2. The van der Waals surface area contributed by atoms with Crippen molar-refractivity contribution in [3.8, 4) is 0 Å². The van der Waals surface area contributed by atoms with Crippen molar-refractivity contribution in [2.75, 3.05) is 31.1 Å². The molecule has 1 aliphatic heterocycles. The minimum absolute atomic E-state index is 0.434. The van der Waals surface area contributed by atoms with Crippen LogP contribution in [0.25, 0.3) is 10.2 Å². The van der Waals surface area contributed by atoms with Crippen molar-refractivity contribution in [1.29, 1.82) is 0 Å². The Morgan fingerprint density at radius 2 is 1.71 bits per heavy atom. The van der Waals surface area contributed by atoms with Crippen LogP contribution in [0.4, 0.5) is 5.82 Å². The number of fused-ring (bicyclic) bond motifs is 2. The lowest BCUT2D eigenvalue weighted by Gasteiger charge is -2.35. The van der Waals surface area contributed by atoms with Crippen LogP contribution < -0.4 is 4.90 Å². The van der Waals surface area contributed by atoms with Crippen LogP contribution in [0.5, 0.6) is 0 Å². The van der Waals surface area contributed by atoms with Crippen LogP contribution in [0.2, 0.25) is 0 Å². The molecular weight excluding hydrogens is 392 g/mol. The topological polar surface area (TPSA) is 66.4 Å². The number of anilines is 1. The molecule has 0 amide bonds. The highest BCUT2D eigenvalue weighted by atomic mass is 32.2. The average Bonchev–Trinajstić information content (AvgIpc) is 3.22. The molecule has 0 spiro atoms. The number of rotatable bonds is 3. The lowest BCUT2D eigenvalue weighted by Crippen LogP contribution is -2.49. The van der Waals surface area contributed by atoms with Crippen LogP contribution >= 0.6 is 11.3 Å². The van der Waals surface area contributed by atoms with Gasteiger partial charge in [-0.25, -0.2) is 18.4 Å². The zero-order chi connectivity index (χ0) is 19.1. The first-order chi connectivity index (χ1) is 13.6. The van der Waals surface area contributed by atoms with Gasteiger partial charge in [0.1, 0.15) is 17.0 Å². The third-order valence-electron chi connectivity index (χ3n) is 5.74. The Kier molecular flexibility index (Phi) is 4.57. The molecule has 1 aliphatic carbocycles. The highest BCUT2D eigenvalue weighted by Crippen LogP contribution is 2.29. The molecule has 0 bridgehead atoms. The van der Waals surface area contributed by atoms with Gasteiger partial charge in [0.2, 0.25) is 10.0 Å². The third kappa shape index (κ3) is 3.09. The van der Waals surface area contributed by atoms with E-state index < -0.39 is 10.0 Å². The second-order valence-electron chi connectivity index (χ2n) is 7.37. The smallest absolute Gasteiger partial charge is 0.243 e. The maximum absolute atomic E-state index is 13.2. The van der Waals surface area contributed by atoms with Crippen molar-refractivity contribution in [3.63, 3.8) is 0 Å². The first-order valence-electron chi connectivity index (χ1n) is 9.68. The van der Waals surface area contributed by atoms with Crippen molar-refractivity contribution in [2.45, 2.75) is 30.6 Å². The fraction of sp³-hybridized carbons (Fsp3) is 0.400. The Labute approximate surface area is 168 Å². The summed E-state index contributed by atoms with van der Waals surface area (Å²) in [5.41, 5.74) is 2.50. The van der Waals surface area contributed by atoms with E-state index >= 15 is 0 Å². The number of sulfonamides is 1. The predicted octanol–water partition coefficient (Wildman–Crippen LogP) is 3.08. The molecule has 0 atom stereocenters. The third-order valence-corrected chi connectivity index (χ3v) is 8.45. The van der Waals surface area contributed by atoms with E-state index in [-0.39, 0.29) is 0 Å². The Bertz CT molecular complexity index is 1120. The second-order valence-corrected chi connectivity index (χ2v) is 10.2. The Balaban J connectivity index is 1.35. The van der Waals surface area contributed by atoms with E-state index in [2.05, 4.69) is 14.9 Å². The summed E-state index contributed by atoms with van der Waals surface area (Å²) in [6, 6.07) is 7.72. The van der Waals surface area contributed by atoms with Gasteiger partial charge in [-0.15, -0.1) is 11.3 Å². The number of nitrogens with zero attached hydrogens (tertiary/aromatic N) is 4. The average molecular weight is 415 g/mol. The van der Waals surface area contributed by atoms with E-state index in [1.807, 2.05) is 23.6 Å². The quantitative estimate of drug-likeness (QED) is 0.659. The molecule has 3 heterocycles. The number of aryl methyl sites for hydroxylation is 2. The van der Waals surface area contributed by atoms with Gasteiger partial charge in [0.15, 0.2) is 0 Å². The number of benzene rings is 1. The summed E-state index contributed by atoms with van der Waals surface area (Å²) in [7, 11) is -3.46. The van der Waals surface area contributed by atoms with E-state index in [1.165, 1.54) is 17.5 Å². The van der Waals surface area contributed by atoms with Crippen LogP contribution in [0, 0.1) is 0 Å². The minimum Gasteiger partial charge on any atom is -0.353 e. The summed E-state index contributed by atoms with van der Waals surface area (Å²) in [5, 5.41) is 3.05. The molecule has 1 fully saturated rings. The molecule has 146 valence electrons. The van der Waals surface area contributed by atoms with Crippen LogP contribution in [0.15, 0.2) is 40.9 Å². The van der Waals surface area contributed by atoms with Gasteiger partial charge in [-0.2, -0.15) is 4.31 Å². The summed E-state index contributed by atoms with van der Waals surface area (Å²) in [6.07, 6.45) is 5.97. The molecule has 5 rings (SSSR count). The van der Waals surface area contributed by atoms with Gasteiger partial charge in [-0.3, -0.25) is 0 Å². The molecule has 0 radical (unpaired) electrons. The van der Waals surface area contributed by atoms with Crippen LogP contribution in [0.1, 0.15) is 24.0 Å². The van der Waals surface area contributed by atoms with Gasteiger partial charge >= 0.3 is 0 Å². The zero-order valence-electron chi connectivity index (χ0n) is 15.5. The van der Waals surface area contributed by atoms with Gasteiger partial charge in [0, 0.05) is 26.2 Å². The molecular formula is C20H22N4O2S2. The van der Waals surface area contributed by atoms with Crippen molar-refractivity contribution in [3.05, 3.63) is 47.1 Å². The van der Waals surface area contributed by atoms with Crippen molar-refractivity contribution in [2.24, 2.45) is 0 Å². The summed E-state index contributed by atoms with van der Waals surface area (Å²) < 4.78 is 28.0. The number of hydrogen-bond acceptors (Lipinski definition) is 6. The molecule has 0 N–H and O–H groups in total. The Hall–Kier alpha value is -2.03. The molecule has 0 saturated carbocycles. The van der Waals surface area contributed by atoms with E-state index in [4.69, 9.17) is 0 Å². The highest BCUT2D eigenvalue weighted by Gasteiger charge is 2.30. The molecule has 8 heteroatoms. The van der Waals surface area contributed by atoms with Gasteiger partial charge < -0.3 is 4.90 Å². The lowest BCUT2D eigenvalue weighted by molar-refractivity contribution is 0.384. The molecule has 1 saturated heterocycles. The van der Waals surface area contributed by atoms with Gasteiger partial charge in [-0.1, -0.05) is 6.07 Å². The van der Waals surface area contributed by atoms with Crippen LogP contribution in [-0.2, 0) is 22.9 Å². The predicted molar refractivity (Wildman–Crippen MR) is 111 cm³/mol. The van der Waals surface area contributed by atoms with E-state index in [0.717, 1.165) is 35.3 Å². The molecule has 0 unspecified atom stereocenters. The molecule has 2 aromatic heterocycles. The molecule has 2 aliphatic rings. The first-order valence-corrected chi connectivity index (χ1v) is 12.0. The summed E-state index contributed by atoms with van der Waals surface area (Å²) >= 11 is 1.59. The maximum Gasteiger partial charge on any atom is 0.243 e. The zero-order valence-corrected chi connectivity index (χ0v) is 17.2. The van der Waals surface area contributed by atoms with Gasteiger partial charge in [-0.05, 0) is 60.4 Å². The van der Waals surface area contributed by atoms with E-state index in [1.54, 1.807) is 28.0 Å². The second kappa shape index (κ2) is 7.09. The Morgan fingerprint density at radius 1 is 0.929 bits per heavy atom. The van der Waals surface area contributed by atoms with Crippen LogP contribution in [0.3, 0.4) is 0 Å². The number of thiophene rings is 1. The van der Waals surface area contributed by atoms with E-state index in [9.17, 15) is 8.42 Å². The minimum atomic E-state index is -3.46. The molecule has 28 heavy (non-hydrogen) atoms. The molecule has 3 aromatic rings. The van der Waals surface area contributed by atoms with Gasteiger partial charge in [0.05, 0.1) is 10.3 Å². The fourth-order valence-electron chi connectivity index (χ4n) is 4.19. The van der Waals surface area contributed by atoms with Crippen molar-refractivity contribution >= 4 is 37.4 Å². The largest absolute Gasteiger partial charge is 0.353 e. The van der Waals surface area contributed by atoms with Crippen LogP contribution in [-0.4, -0.2) is 48.9 Å².